The molecule has 352 valence electrons. The Morgan fingerprint density at radius 3 is 2.03 bits per heavy atom. The Morgan fingerprint density at radius 1 is 0.727 bits per heavy atom. The minimum absolute atomic E-state index is 0.0633. The molecule has 1 heterocycles. The van der Waals surface area contributed by atoms with Crippen LogP contribution in [0.25, 0.3) is 22.9 Å². The highest BCUT2D eigenvalue weighted by Crippen LogP contribution is 2.67. The van der Waals surface area contributed by atoms with Crippen molar-refractivity contribution in [2.45, 2.75) is 170 Å². The summed E-state index contributed by atoms with van der Waals surface area (Å²) in [5.41, 5.74) is 6.27. The van der Waals surface area contributed by atoms with Gasteiger partial charge in [0, 0.05) is 28.7 Å². The van der Waals surface area contributed by atoms with Gasteiger partial charge in [0.25, 0.3) is 0 Å². The summed E-state index contributed by atoms with van der Waals surface area (Å²) in [4.78, 5) is 13.4. The summed E-state index contributed by atoms with van der Waals surface area (Å²) in [6.45, 7) is 15.5. The second-order valence-electron chi connectivity index (χ2n) is 21.7. The van der Waals surface area contributed by atoms with Gasteiger partial charge in [0.2, 0.25) is 11.8 Å². The zero-order valence-corrected chi connectivity index (χ0v) is 41.2. The molecule has 0 spiro atoms. The molecule has 3 aromatic carbocycles. The smallest absolute Gasteiger partial charge is 0.338 e. The first-order valence-corrected chi connectivity index (χ1v) is 26.2. The average Bonchev–Trinajstić information content (AvgIpc) is 3.96. The van der Waals surface area contributed by atoms with Crippen LogP contribution in [0.1, 0.15) is 185 Å². The van der Waals surface area contributed by atoms with Crippen molar-refractivity contribution in [1.82, 2.24) is 10.2 Å². The first kappa shape index (κ1) is 47.8. The lowest BCUT2D eigenvalue weighted by Gasteiger charge is -2.58. The van der Waals surface area contributed by atoms with Crippen molar-refractivity contribution in [2.24, 2.45) is 46.3 Å². The van der Waals surface area contributed by atoms with Crippen LogP contribution >= 0.6 is 0 Å². The topological polar surface area (TPSA) is 74.5 Å². The number of esters is 1. The van der Waals surface area contributed by atoms with Crippen molar-refractivity contribution in [3.8, 4) is 40.5 Å². The van der Waals surface area contributed by atoms with Crippen LogP contribution in [0, 0.1) is 58.2 Å². The second-order valence-corrected chi connectivity index (χ2v) is 21.7. The third kappa shape index (κ3) is 11.2. The highest BCUT2D eigenvalue weighted by molar-refractivity contribution is 5.89. The summed E-state index contributed by atoms with van der Waals surface area (Å²) in [7, 11) is 0. The third-order valence-corrected chi connectivity index (χ3v) is 16.9. The van der Waals surface area contributed by atoms with E-state index in [-0.39, 0.29) is 17.5 Å². The molecule has 6 nitrogen and oxygen atoms in total. The number of carbonyl (C=O) groups excluding carboxylic acids is 1. The highest BCUT2D eigenvalue weighted by Gasteiger charge is 2.59. The van der Waals surface area contributed by atoms with Gasteiger partial charge < -0.3 is 13.9 Å². The van der Waals surface area contributed by atoms with E-state index in [0.29, 0.717) is 22.8 Å². The van der Waals surface area contributed by atoms with Gasteiger partial charge in [-0.25, -0.2) is 4.79 Å². The van der Waals surface area contributed by atoms with Gasteiger partial charge in [-0.15, -0.1) is 10.2 Å². The lowest BCUT2D eigenvalue weighted by molar-refractivity contribution is -0.0594. The van der Waals surface area contributed by atoms with E-state index in [4.69, 9.17) is 13.9 Å². The number of allylic oxidation sites excluding steroid dienone is 1. The van der Waals surface area contributed by atoms with Crippen LogP contribution in [-0.4, -0.2) is 28.9 Å². The van der Waals surface area contributed by atoms with Gasteiger partial charge in [-0.2, -0.15) is 0 Å². The Morgan fingerprint density at radius 2 is 1.36 bits per heavy atom. The molecule has 0 amide bonds. The van der Waals surface area contributed by atoms with Crippen LogP contribution < -0.4 is 4.74 Å². The van der Waals surface area contributed by atoms with Crippen LogP contribution in [0.2, 0.25) is 0 Å². The molecule has 0 saturated heterocycles. The van der Waals surface area contributed by atoms with E-state index in [1.807, 2.05) is 72.8 Å². The van der Waals surface area contributed by atoms with Gasteiger partial charge in [-0.05, 0) is 171 Å². The van der Waals surface area contributed by atoms with Crippen LogP contribution in [0.3, 0.4) is 0 Å². The molecule has 6 heteroatoms. The van der Waals surface area contributed by atoms with Crippen molar-refractivity contribution in [3.05, 3.63) is 101 Å². The fourth-order valence-corrected chi connectivity index (χ4v) is 13.1. The van der Waals surface area contributed by atoms with Crippen molar-refractivity contribution in [1.29, 1.82) is 0 Å². The predicted molar refractivity (Wildman–Crippen MR) is 268 cm³/mol. The molecule has 8 rings (SSSR count). The zero-order chi connectivity index (χ0) is 46.1. The second kappa shape index (κ2) is 22.0. The SMILES string of the molecule is CCCCCCCCCCOc1ccc(-c2nnc(-c3ccc(C#Cc4ccc(C(=O)OC5CC[C@@]6(C)C(=CC[C@H]7[C@@H]8CC[C@H]([C@H](C)CCCC(C)C)[C@@]8(C)CC[C@@H]76)C5)cc4)cc3)o2)cc1. The van der Waals surface area contributed by atoms with Crippen LogP contribution in [0.5, 0.6) is 5.75 Å². The van der Waals surface area contributed by atoms with Gasteiger partial charge in [-0.3, -0.25) is 0 Å². The maximum absolute atomic E-state index is 13.4. The molecule has 0 N–H and O–H groups in total. The number of hydrogen-bond donors (Lipinski definition) is 0. The first-order chi connectivity index (χ1) is 32.0. The molecule has 0 aliphatic heterocycles. The van der Waals surface area contributed by atoms with E-state index in [0.717, 1.165) is 95.8 Å². The Kier molecular flexibility index (Phi) is 15.9. The summed E-state index contributed by atoms with van der Waals surface area (Å²) in [6.07, 6.45) is 26.7. The maximum atomic E-state index is 13.4. The van der Waals surface area contributed by atoms with Crippen molar-refractivity contribution >= 4 is 5.97 Å². The number of ether oxygens (including phenoxy) is 2. The normalized spacial score (nSPS) is 26.0. The molecule has 0 radical (unpaired) electrons. The lowest BCUT2D eigenvalue weighted by atomic mass is 9.47. The number of benzene rings is 3. The number of rotatable bonds is 19. The van der Waals surface area contributed by atoms with E-state index >= 15 is 0 Å². The Labute approximate surface area is 397 Å². The molecule has 0 bridgehead atoms. The zero-order valence-electron chi connectivity index (χ0n) is 41.2. The molecule has 4 aromatic rings. The van der Waals surface area contributed by atoms with Crippen molar-refractivity contribution in [2.75, 3.05) is 6.61 Å². The van der Waals surface area contributed by atoms with Crippen LogP contribution in [0.4, 0.5) is 0 Å². The number of hydrogen-bond acceptors (Lipinski definition) is 6. The predicted octanol–water partition coefficient (Wildman–Crippen LogP) is 15.9. The number of nitrogens with zero attached hydrogens (tertiary/aromatic N) is 2. The van der Waals surface area contributed by atoms with E-state index < -0.39 is 0 Å². The molecule has 3 saturated carbocycles. The lowest BCUT2D eigenvalue weighted by Crippen LogP contribution is -2.51. The summed E-state index contributed by atoms with van der Waals surface area (Å²) >= 11 is 0. The number of fused-ring (bicyclic) bond motifs is 5. The molecule has 1 aromatic heterocycles. The van der Waals surface area contributed by atoms with Gasteiger partial charge in [0.1, 0.15) is 11.9 Å². The monoisotopic (exact) mass is 891 g/mol. The van der Waals surface area contributed by atoms with E-state index in [1.54, 1.807) is 5.57 Å². The fraction of sp³-hybridized carbons (Fsp3) is 0.583. The molecule has 4 aliphatic rings. The summed E-state index contributed by atoms with van der Waals surface area (Å²) < 4.78 is 18.2. The Hall–Kier alpha value is -4.63. The summed E-state index contributed by atoms with van der Waals surface area (Å²) in [5.74, 6) is 13.0. The van der Waals surface area contributed by atoms with Gasteiger partial charge in [-0.1, -0.05) is 129 Å². The molecular formula is C60H78N2O4. The molecule has 8 atom stereocenters. The Bertz CT molecular complexity index is 2280. The van der Waals surface area contributed by atoms with Gasteiger partial charge in [0.05, 0.1) is 12.2 Å². The average molecular weight is 891 g/mol. The molecular weight excluding hydrogens is 813 g/mol. The fourth-order valence-electron chi connectivity index (χ4n) is 13.1. The molecule has 3 fully saturated rings. The minimum Gasteiger partial charge on any atom is -0.494 e. The number of unbranched alkanes of at least 4 members (excludes halogenated alkanes) is 7. The third-order valence-electron chi connectivity index (χ3n) is 16.9. The van der Waals surface area contributed by atoms with Crippen molar-refractivity contribution in [3.63, 3.8) is 0 Å². The molecule has 1 unspecified atom stereocenters. The van der Waals surface area contributed by atoms with Gasteiger partial charge in [0.15, 0.2) is 0 Å². The summed E-state index contributed by atoms with van der Waals surface area (Å²) in [6, 6.07) is 23.2. The maximum Gasteiger partial charge on any atom is 0.338 e. The number of aromatic nitrogens is 2. The highest BCUT2D eigenvalue weighted by atomic mass is 16.5. The quantitative estimate of drug-likeness (QED) is 0.0404. The minimum atomic E-state index is -0.236. The van der Waals surface area contributed by atoms with E-state index in [1.165, 1.54) is 96.3 Å². The van der Waals surface area contributed by atoms with E-state index in [2.05, 4.69) is 69.7 Å². The largest absolute Gasteiger partial charge is 0.494 e. The van der Waals surface area contributed by atoms with Crippen LogP contribution in [-0.2, 0) is 4.74 Å². The molecule has 66 heavy (non-hydrogen) atoms. The van der Waals surface area contributed by atoms with E-state index in [9.17, 15) is 4.79 Å². The summed E-state index contributed by atoms with van der Waals surface area (Å²) in [5, 5.41) is 8.61. The van der Waals surface area contributed by atoms with Gasteiger partial charge >= 0.3 is 5.97 Å². The van der Waals surface area contributed by atoms with Crippen LogP contribution in [0.15, 0.2) is 88.9 Å². The molecule has 4 aliphatic carbocycles. The standard InChI is InChI=1S/C60H78N2O4/c1-7-8-9-10-11-12-13-14-40-64-50-31-28-47(29-32-50)57-62-61-56(66-57)46-24-20-44(21-25-46)18-19-45-22-26-48(27-23-45)58(63)65-51-36-38-59(5)49(41-51)30-33-52-54-35-34-53(43(4)17-15-16-42(2)3)60(54,6)39-37-55(52)59/h20-32,42-43,51-55H,7-17,33-41H2,1-6H3/t43-,51?,52+,53-,54+,55+,59+,60-/m1/s1. The Balaban J connectivity index is 0.789. The van der Waals surface area contributed by atoms with Crippen molar-refractivity contribution < 1.29 is 18.7 Å². The first-order valence-electron chi connectivity index (χ1n) is 26.2. The number of carbonyl (C=O) groups is 1.